The van der Waals surface area contributed by atoms with Crippen LogP contribution in [0.2, 0.25) is 0 Å². The molecule has 1 atom stereocenters. The fourth-order valence-corrected chi connectivity index (χ4v) is 2.50. The van der Waals surface area contributed by atoms with Crippen molar-refractivity contribution in [2.45, 2.75) is 46.3 Å². The van der Waals surface area contributed by atoms with E-state index in [1.165, 1.54) is 17.0 Å². The molecule has 0 spiro atoms. The lowest BCUT2D eigenvalue weighted by molar-refractivity contribution is 0.530. The Hall–Kier alpha value is -1.13. The van der Waals surface area contributed by atoms with Crippen molar-refractivity contribution in [3.8, 4) is 0 Å². The van der Waals surface area contributed by atoms with Crippen LogP contribution >= 0.6 is 15.9 Å². The van der Waals surface area contributed by atoms with Crippen molar-refractivity contribution in [1.82, 2.24) is 15.1 Å². The number of rotatable bonds is 6. The number of aryl methyl sites for hydroxylation is 2. The van der Waals surface area contributed by atoms with Gasteiger partial charge in [0.25, 0.3) is 0 Å². The van der Waals surface area contributed by atoms with E-state index in [0.717, 1.165) is 24.0 Å². The third-order valence-corrected chi connectivity index (χ3v) is 4.06. The van der Waals surface area contributed by atoms with Gasteiger partial charge in [-0.2, -0.15) is 5.10 Å². The average molecular weight is 336 g/mol. The Morgan fingerprint density at radius 1 is 1.25 bits per heavy atom. The summed E-state index contributed by atoms with van der Waals surface area (Å²) in [6.07, 6.45) is 0.988. The molecule has 20 heavy (non-hydrogen) atoms. The van der Waals surface area contributed by atoms with E-state index in [1.807, 2.05) is 0 Å². The molecule has 1 unspecified atom stereocenters. The summed E-state index contributed by atoms with van der Waals surface area (Å²) in [5.41, 5.74) is 3.72. The van der Waals surface area contributed by atoms with Crippen molar-refractivity contribution in [3.05, 3.63) is 51.8 Å². The van der Waals surface area contributed by atoms with Crippen molar-refractivity contribution in [2.75, 3.05) is 0 Å². The first-order valence-electron chi connectivity index (χ1n) is 7.18. The summed E-state index contributed by atoms with van der Waals surface area (Å²) in [6, 6.07) is 11.0. The van der Waals surface area contributed by atoms with Gasteiger partial charge in [-0.1, -0.05) is 35.0 Å². The Balaban J connectivity index is 2.00. The van der Waals surface area contributed by atoms with Gasteiger partial charge >= 0.3 is 0 Å². The fourth-order valence-electron chi connectivity index (χ4n) is 2.23. The largest absolute Gasteiger partial charge is 0.305 e. The molecule has 0 aliphatic carbocycles. The molecular weight excluding hydrogens is 314 g/mol. The number of nitrogens with zero attached hydrogens (tertiary/aromatic N) is 2. The van der Waals surface area contributed by atoms with Crippen LogP contribution in [0, 0.1) is 0 Å². The molecule has 1 aromatic heterocycles. The van der Waals surface area contributed by atoms with Gasteiger partial charge in [0.15, 0.2) is 0 Å². The van der Waals surface area contributed by atoms with E-state index in [9.17, 15) is 0 Å². The highest BCUT2D eigenvalue weighted by Gasteiger charge is 2.08. The van der Waals surface area contributed by atoms with E-state index in [-0.39, 0.29) is 0 Å². The second kappa shape index (κ2) is 7.04. The lowest BCUT2D eigenvalue weighted by atomic mass is 10.1. The minimum absolute atomic E-state index is 0.327. The van der Waals surface area contributed by atoms with Gasteiger partial charge in [-0.3, -0.25) is 4.68 Å². The molecule has 0 radical (unpaired) electrons. The monoisotopic (exact) mass is 335 g/mol. The van der Waals surface area contributed by atoms with Gasteiger partial charge < -0.3 is 5.32 Å². The van der Waals surface area contributed by atoms with E-state index in [0.29, 0.717) is 6.04 Å². The molecule has 0 aliphatic rings. The zero-order valence-corrected chi connectivity index (χ0v) is 13.9. The number of hydrogen-bond donors (Lipinski definition) is 1. The minimum atomic E-state index is 0.327. The van der Waals surface area contributed by atoms with E-state index < -0.39 is 0 Å². The van der Waals surface area contributed by atoms with Gasteiger partial charge in [0.1, 0.15) is 0 Å². The molecule has 108 valence electrons. The van der Waals surface area contributed by atoms with Crippen LogP contribution in [0.1, 0.15) is 43.8 Å². The van der Waals surface area contributed by atoms with Gasteiger partial charge in [-0.25, -0.2) is 0 Å². The third-order valence-electron chi connectivity index (χ3n) is 3.54. The smallest absolute Gasteiger partial charge is 0.0625 e. The molecule has 1 heterocycles. The Bertz CT molecular complexity index is 545. The Morgan fingerprint density at radius 3 is 2.55 bits per heavy atom. The summed E-state index contributed by atoms with van der Waals surface area (Å²) in [6.45, 7) is 8.23. The molecule has 3 nitrogen and oxygen atoms in total. The van der Waals surface area contributed by atoms with Crippen molar-refractivity contribution in [2.24, 2.45) is 0 Å². The van der Waals surface area contributed by atoms with Crippen LogP contribution in [0.25, 0.3) is 0 Å². The lowest BCUT2D eigenvalue weighted by Crippen LogP contribution is -2.20. The first kappa shape index (κ1) is 15.3. The number of hydrogen-bond acceptors (Lipinski definition) is 2. The van der Waals surface area contributed by atoms with Crippen LogP contribution in [0.5, 0.6) is 0 Å². The molecule has 2 rings (SSSR count). The Kier molecular flexibility index (Phi) is 5.38. The van der Waals surface area contributed by atoms with Crippen LogP contribution in [0.3, 0.4) is 0 Å². The number of aromatic nitrogens is 2. The van der Waals surface area contributed by atoms with Gasteiger partial charge in [0.05, 0.1) is 11.4 Å². The summed E-state index contributed by atoms with van der Waals surface area (Å²) in [4.78, 5) is 0. The number of halogens is 1. The maximum absolute atomic E-state index is 4.58. The van der Waals surface area contributed by atoms with E-state index in [1.54, 1.807) is 0 Å². The van der Waals surface area contributed by atoms with Crippen molar-refractivity contribution >= 4 is 15.9 Å². The highest BCUT2D eigenvalue weighted by molar-refractivity contribution is 9.10. The van der Waals surface area contributed by atoms with Crippen LogP contribution in [-0.2, 0) is 19.5 Å². The molecule has 0 saturated heterocycles. The third kappa shape index (κ3) is 3.70. The van der Waals surface area contributed by atoms with Crippen LogP contribution < -0.4 is 5.32 Å². The molecular formula is C16H22BrN3. The summed E-state index contributed by atoms with van der Waals surface area (Å²) < 4.78 is 3.20. The van der Waals surface area contributed by atoms with Gasteiger partial charge in [0.2, 0.25) is 0 Å². The first-order valence-corrected chi connectivity index (χ1v) is 7.97. The van der Waals surface area contributed by atoms with Crippen LogP contribution in [0.15, 0.2) is 34.8 Å². The molecule has 4 heteroatoms. The zero-order valence-electron chi connectivity index (χ0n) is 12.4. The standard InChI is InChI=1S/C16H22BrN3/c1-4-15-10-16(20(5-2)19-15)11-18-12(3)13-6-8-14(17)9-7-13/h6-10,12,18H,4-5,11H2,1-3H3. The summed E-state index contributed by atoms with van der Waals surface area (Å²) in [5.74, 6) is 0. The molecule has 0 fully saturated rings. The SMILES string of the molecule is CCc1cc(CNC(C)c2ccc(Br)cc2)n(CC)n1. The number of benzene rings is 1. The average Bonchev–Trinajstić information content (AvgIpc) is 2.88. The topological polar surface area (TPSA) is 29.9 Å². The van der Waals surface area contributed by atoms with Crippen molar-refractivity contribution in [3.63, 3.8) is 0 Å². The summed E-state index contributed by atoms with van der Waals surface area (Å²) in [5, 5.41) is 8.15. The van der Waals surface area contributed by atoms with Crippen LogP contribution in [-0.4, -0.2) is 9.78 Å². The number of nitrogens with one attached hydrogen (secondary N) is 1. The normalized spacial score (nSPS) is 12.6. The zero-order chi connectivity index (χ0) is 14.5. The highest BCUT2D eigenvalue weighted by Crippen LogP contribution is 2.17. The summed E-state index contributed by atoms with van der Waals surface area (Å²) in [7, 11) is 0. The first-order chi connectivity index (χ1) is 9.63. The molecule has 1 N–H and O–H groups in total. The summed E-state index contributed by atoms with van der Waals surface area (Å²) >= 11 is 3.47. The van der Waals surface area contributed by atoms with E-state index in [2.05, 4.69) is 82.1 Å². The minimum Gasteiger partial charge on any atom is -0.305 e. The van der Waals surface area contributed by atoms with E-state index >= 15 is 0 Å². The molecule has 0 amide bonds. The lowest BCUT2D eigenvalue weighted by Gasteiger charge is -2.14. The van der Waals surface area contributed by atoms with E-state index in [4.69, 9.17) is 0 Å². The molecule has 0 bridgehead atoms. The fraction of sp³-hybridized carbons (Fsp3) is 0.438. The van der Waals surface area contributed by atoms with Gasteiger partial charge in [-0.15, -0.1) is 0 Å². The maximum atomic E-state index is 4.58. The Labute approximate surface area is 129 Å². The van der Waals surface area contributed by atoms with Crippen molar-refractivity contribution in [1.29, 1.82) is 0 Å². The second-order valence-electron chi connectivity index (χ2n) is 4.95. The molecule has 0 saturated carbocycles. The molecule has 1 aromatic carbocycles. The quantitative estimate of drug-likeness (QED) is 0.861. The predicted molar refractivity (Wildman–Crippen MR) is 86.7 cm³/mol. The van der Waals surface area contributed by atoms with Crippen LogP contribution in [0.4, 0.5) is 0 Å². The van der Waals surface area contributed by atoms with Gasteiger partial charge in [-0.05, 0) is 44.0 Å². The van der Waals surface area contributed by atoms with Gasteiger partial charge in [0, 0.05) is 23.6 Å². The van der Waals surface area contributed by atoms with Crippen molar-refractivity contribution < 1.29 is 0 Å². The maximum Gasteiger partial charge on any atom is 0.0625 e. The highest BCUT2D eigenvalue weighted by atomic mass is 79.9. The molecule has 0 aliphatic heterocycles. The second-order valence-corrected chi connectivity index (χ2v) is 5.87. The Morgan fingerprint density at radius 2 is 1.95 bits per heavy atom. The predicted octanol–water partition coefficient (Wildman–Crippen LogP) is 4.08. The molecule has 2 aromatic rings.